The summed E-state index contributed by atoms with van der Waals surface area (Å²) in [7, 11) is 0. The predicted octanol–water partition coefficient (Wildman–Crippen LogP) is 2.27. The average Bonchev–Trinajstić information content (AvgIpc) is 2.88. The molecule has 5 nitrogen and oxygen atoms in total. The number of halogens is 1. The lowest BCUT2D eigenvalue weighted by Gasteiger charge is -2.31. The van der Waals surface area contributed by atoms with Crippen molar-refractivity contribution in [3.05, 3.63) is 46.7 Å². The van der Waals surface area contributed by atoms with Crippen molar-refractivity contribution in [1.29, 1.82) is 0 Å². The Morgan fingerprint density at radius 3 is 2.91 bits per heavy atom. The van der Waals surface area contributed by atoms with Crippen LogP contribution in [0.4, 0.5) is 0 Å². The highest BCUT2D eigenvalue weighted by molar-refractivity contribution is 6.32. The molecule has 3 rings (SSSR count). The highest BCUT2D eigenvalue weighted by Crippen LogP contribution is 2.22. The minimum Gasteiger partial charge on any atom is -0.336 e. The Kier molecular flexibility index (Phi) is 4.18. The van der Waals surface area contributed by atoms with E-state index in [4.69, 9.17) is 11.6 Å². The minimum atomic E-state index is 0.0316. The van der Waals surface area contributed by atoms with Crippen LogP contribution in [0.1, 0.15) is 23.0 Å². The van der Waals surface area contributed by atoms with Crippen LogP contribution < -0.4 is 5.32 Å². The van der Waals surface area contributed by atoms with Gasteiger partial charge in [0, 0.05) is 25.7 Å². The van der Waals surface area contributed by atoms with Crippen LogP contribution in [-0.4, -0.2) is 46.3 Å². The van der Waals surface area contributed by atoms with Gasteiger partial charge in [-0.2, -0.15) is 5.10 Å². The number of para-hydroxylation sites is 1. The van der Waals surface area contributed by atoms with Gasteiger partial charge in [-0.3, -0.25) is 4.79 Å². The van der Waals surface area contributed by atoms with Crippen molar-refractivity contribution in [2.45, 2.75) is 19.9 Å². The van der Waals surface area contributed by atoms with Crippen LogP contribution in [0.5, 0.6) is 0 Å². The third-order valence-electron chi connectivity index (χ3n) is 3.98. The molecule has 0 spiro atoms. The molecule has 1 aliphatic rings. The molecule has 1 aromatic heterocycles. The maximum atomic E-state index is 12.7. The Balaban J connectivity index is 1.90. The van der Waals surface area contributed by atoms with Crippen molar-refractivity contribution >= 4 is 17.5 Å². The predicted molar refractivity (Wildman–Crippen MR) is 86.7 cm³/mol. The Bertz CT molecular complexity index is 697. The van der Waals surface area contributed by atoms with Crippen LogP contribution >= 0.6 is 11.6 Å². The van der Waals surface area contributed by atoms with Gasteiger partial charge in [0.25, 0.3) is 5.91 Å². The average molecular weight is 319 g/mol. The second kappa shape index (κ2) is 6.10. The normalized spacial score (nSPS) is 18.5. The molecule has 2 aromatic rings. The lowest BCUT2D eigenvalue weighted by molar-refractivity contribution is 0.0708. The van der Waals surface area contributed by atoms with Gasteiger partial charge in [-0.25, -0.2) is 4.68 Å². The summed E-state index contributed by atoms with van der Waals surface area (Å²) in [4.78, 5) is 14.6. The molecule has 116 valence electrons. The zero-order valence-electron chi connectivity index (χ0n) is 12.7. The maximum Gasteiger partial charge on any atom is 0.257 e. The summed E-state index contributed by atoms with van der Waals surface area (Å²) in [5.41, 5.74) is 2.23. The Morgan fingerprint density at radius 1 is 1.41 bits per heavy atom. The quantitative estimate of drug-likeness (QED) is 0.924. The lowest BCUT2D eigenvalue weighted by Crippen LogP contribution is -2.51. The molecule has 1 fully saturated rings. The number of nitrogens with one attached hydrogen (secondary N) is 1. The molecule has 1 amide bonds. The summed E-state index contributed by atoms with van der Waals surface area (Å²) < 4.78 is 1.72. The van der Waals surface area contributed by atoms with Crippen molar-refractivity contribution < 1.29 is 4.79 Å². The van der Waals surface area contributed by atoms with Crippen molar-refractivity contribution in [1.82, 2.24) is 20.0 Å². The number of aromatic nitrogens is 2. The molecule has 1 N–H and O–H groups in total. The van der Waals surface area contributed by atoms with E-state index in [1.807, 2.05) is 36.1 Å². The van der Waals surface area contributed by atoms with E-state index in [-0.39, 0.29) is 5.91 Å². The van der Waals surface area contributed by atoms with Gasteiger partial charge in [0.1, 0.15) is 0 Å². The van der Waals surface area contributed by atoms with Crippen LogP contribution in [0.15, 0.2) is 30.5 Å². The molecule has 0 unspecified atom stereocenters. The molecule has 22 heavy (non-hydrogen) atoms. The van der Waals surface area contributed by atoms with E-state index >= 15 is 0 Å². The lowest BCUT2D eigenvalue weighted by atomic mass is 10.1. The molecule has 1 aliphatic heterocycles. The van der Waals surface area contributed by atoms with Crippen LogP contribution in [0, 0.1) is 6.92 Å². The molecular weight excluding hydrogens is 300 g/mol. The van der Waals surface area contributed by atoms with Gasteiger partial charge in [0.05, 0.1) is 28.2 Å². The smallest absolute Gasteiger partial charge is 0.257 e. The Morgan fingerprint density at radius 2 is 2.18 bits per heavy atom. The van der Waals surface area contributed by atoms with Crippen LogP contribution in [-0.2, 0) is 0 Å². The summed E-state index contributed by atoms with van der Waals surface area (Å²) in [5.74, 6) is 0.0316. The summed E-state index contributed by atoms with van der Waals surface area (Å²) in [5, 5.41) is 8.30. The van der Waals surface area contributed by atoms with Gasteiger partial charge in [0.15, 0.2) is 0 Å². The van der Waals surface area contributed by atoms with Crippen LogP contribution in [0.3, 0.4) is 0 Å². The van der Waals surface area contributed by atoms with E-state index in [2.05, 4.69) is 17.3 Å². The molecule has 6 heteroatoms. The number of hydrogen-bond donors (Lipinski definition) is 1. The number of amides is 1. The summed E-state index contributed by atoms with van der Waals surface area (Å²) in [6, 6.07) is 7.80. The van der Waals surface area contributed by atoms with E-state index in [0.29, 0.717) is 16.6 Å². The Labute approximate surface area is 134 Å². The van der Waals surface area contributed by atoms with Gasteiger partial charge in [0.2, 0.25) is 0 Å². The van der Waals surface area contributed by atoms with Gasteiger partial charge < -0.3 is 10.2 Å². The summed E-state index contributed by atoms with van der Waals surface area (Å²) in [6.45, 7) is 6.24. The molecule has 0 bridgehead atoms. The van der Waals surface area contributed by atoms with E-state index in [1.165, 1.54) is 0 Å². The largest absolute Gasteiger partial charge is 0.336 e. The molecule has 1 saturated heterocycles. The first-order chi connectivity index (χ1) is 10.6. The minimum absolute atomic E-state index is 0.0316. The van der Waals surface area contributed by atoms with Gasteiger partial charge >= 0.3 is 0 Å². The molecule has 0 radical (unpaired) electrons. The summed E-state index contributed by atoms with van der Waals surface area (Å²) >= 11 is 6.22. The first-order valence-corrected chi connectivity index (χ1v) is 7.78. The van der Waals surface area contributed by atoms with Gasteiger partial charge in [-0.1, -0.05) is 23.7 Å². The molecule has 1 atom stereocenters. The first-order valence-electron chi connectivity index (χ1n) is 7.40. The fraction of sp³-hybridized carbons (Fsp3) is 0.375. The second-order valence-electron chi connectivity index (χ2n) is 5.61. The maximum absolute atomic E-state index is 12.7. The molecule has 0 aliphatic carbocycles. The van der Waals surface area contributed by atoms with Crippen LogP contribution in [0.2, 0.25) is 5.02 Å². The topological polar surface area (TPSA) is 50.2 Å². The fourth-order valence-electron chi connectivity index (χ4n) is 2.77. The molecule has 0 saturated carbocycles. The van der Waals surface area contributed by atoms with E-state index in [1.54, 1.807) is 10.9 Å². The van der Waals surface area contributed by atoms with Crippen molar-refractivity contribution in [2.75, 3.05) is 19.6 Å². The Hall–Kier alpha value is -1.85. The van der Waals surface area contributed by atoms with E-state index in [0.717, 1.165) is 31.0 Å². The summed E-state index contributed by atoms with van der Waals surface area (Å²) in [6.07, 6.45) is 1.63. The third-order valence-corrected chi connectivity index (χ3v) is 4.30. The van der Waals surface area contributed by atoms with Gasteiger partial charge in [-0.05, 0) is 26.0 Å². The highest BCUT2D eigenvalue weighted by atomic mass is 35.5. The van der Waals surface area contributed by atoms with Crippen molar-refractivity contribution in [3.63, 3.8) is 0 Å². The van der Waals surface area contributed by atoms with E-state index in [9.17, 15) is 4.79 Å². The number of carbonyl (C=O) groups excluding carboxylic acids is 1. The zero-order chi connectivity index (χ0) is 15.7. The standard InChI is InChI=1S/C16H19ClN4O/c1-11-10-20(8-7-18-11)16(22)13-9-19-21(12(13)2)15-6-4-3-5-14(15)17/h3-6,9,11,18H,7-8,10H2,1-2H3/t11-/m1/s1. The number of piperazine rings is 1. The third kappa shape index (κ3) is 2.74. The fourth-order valence-corrected chi connectivity index (χ4v) is 2.99. The highest BCUT2D eigenvalue weighted by Gasteiger charge is 2.25. The van der Waals surface area contributed by atoms with E-state index < -0.39 is 0 Å². The number of rotatable bonds is 2. The van der Waals surface area contributed by atoms with Crippen molar-refractivity contribution in [3.8, 4) is 5.69 Å². The van der Waals surface area contributed by atoms with Crippen LogP contribution in [0.25, 0.3) is 5.69 Å². The molecule has 1 aromatic carbocycles. The molecular formula is C16H19ClN4O. The molecule has 2 heterocycles. The number of benzene rings is 1. The SMILES string of the molecule is Cc1c(C(=O)N2CCN[C@H](C)C2)cnn1-c1ccccc1Cl. The zero-order valence-corrected chi connectivity index (χ0v) is 13.5. The number of nitrogens with zero attached hydrogens (tertiary/aromatic N) is 3. The van der Waals surface area contributed by atoms with Gasteiger partial charge in [-0.15, -0.1) is 0 Å². The monoisotopic (exact) mass is 318 g/mol. The number of carbonyl (C=O) groups is 1. The number of hydrogen-bond acceptors (Lipinski definition) is 3. The second-order valence-corrected chi connectivity index (χ2v) is 6.02. The van der Waals surface area contributed by atoms with Crippen molar-refractivity contribution in [2.24, 2.45) is 0 Å². The first kappa shape index (κ1) is 15.1.